The van der Waals surface area contributed by atoms with Gasteiger partial charge in [-0.05, 0) is 45.0 Å². The molecule has 0 aromatic heterocycles. The van der Waals surface area contributed by atoms with Gasteiger partial charge >= 0.3 is 0 Å². The van der Waals surface area contributed by atoms with E-state index in [1.807, 2.05) is 25.7 Å². The SMILES string of the molecule is CCOc1cc(C(=O)N2CCN(c3ccc(Cl)cc3[N+](=O)[O-])CC2)cc(OCC)c1OCC. The van der Waals surface area contributed by atoms with Crippen molar-refractivity contribution in [1.29, 1.82) is 0 Å². The van der Waals surface area contributed by atoms with Gasteiger partial charge in [0.2, 0.25) is 5.75 Å². The lowest BCUT2D eigenvalue weighted by Gasteiger charge is -2.36. The van der Waals surface area contributed by atoms with E-state index in [0.29, 0.717) is 79.5 Å². The monoisotopic (exact) mass is 477 g/mol. The van der Waals surface area contributed by atoms with Crippen LogP contribution in [0.3, 0.4) is 0 Å². The van der Waals surface area contributed by atoms with E-state index in [1.54, 1.807) is 29.2 Å². The van der Waals surface area contributed by atoms with E-state index in [4.69, 9.17) is 25.8 Å². The molecule has 1 aliphatic heterocycles. The highest BCUT2D eigenvalue weighted by Crippen LogP contribution is 2.39. The van der Waals surface area contributed by atoms with Gasteiger partial charge in [-0.15, -0.1) is 0 Å². The Kier molecular flexibility index (Phi) is 8.21. The van der Waals surface area contributed by atoms with Crippen molar-refractivity contribution in [3.05, 3.63) is 51.0 Å². The third kappa shape index (κ3) is 5.60. The van der Waals surface area contributed by atoms with E-state index < -0.39 is 4.92 Å². The van der Waals surface area contributed by atoms with Gasteiger partial charge in [0, 0.05) is 42.8 Å². The van der Waals surface area contributed by atoms with Crippen molar-refractivity contribution in [2.75, 3.05) is 50.9 Å². The van der Waals surface area contributed by atoms with Crippen molar-refractivity contribution < 1.29 is 23.9 Å². The fourth-order valence-electron chi connectivity index (χ4n) is 3.76. The van der Waals surface area contributed by atoms with Crippen molar-refractivity contribution in [2.45, 2.75) is 20.8 Å². The second kappa shape index (κ2) is 11.1. The first-order valence-electron chi connectivity index (χ1n) is 10.9. The summed E-state index contributed by atoms with van der Waals surface area (Å²) < 4.78 is 17.1. The minimum absolute atomic E-state index is 0.0449. The Morgan fingerprint density at radius 2 is 1.55 bits per heavy atom. The predicted molar refractivity (Wildman–Crippen MR) is 126 cm³/mol. The molecule has 0 radical (unpaired) electrons. The molecule has 2 aromatic rings. The van der Waals surface area contributed by atoms with Crippen LogP contribution < -0.4 is 19.1 Å². The van der Waals surface area contributed by atoms with E-state index in [2.05, 4.69) is 0 Å². The average Bonchev–Trinajstić information content (AvgIpc) is 2.81. The van der Waals surface area contributed by atoms with Gasteiger partial charge in [0.05, 0.1) is 24.7 Å². The first-order valence-corrected chi connectivity index (χ1v) is 11.3. The molecule has 178 valence electrons. The molecule has 10 heteroatoms. The summed E-state index contributed by atoms with van der Waals surface area (Å²) in [5.74, 6) is 1.25. The Hall–Kier alpha value is -3.20. The zero-order valence-corrected chi connectivity index (χ0v) is 19.8. The number of hydrogen-bond donors (Lipinski definition) is 0. The molecule has 9 nitrogen and oxygen atoms in total. The number of nitro groups is 1. The van der Waals surface area contributed by atoms with Gasteiger partial charge < -0.3 is 24.0 Å². The molecule has 2 aromatic carbocycles. The summed E-state index contributed by atoms with van der Waals surface area (Å²) >= 11 is 5.93. The topological polar surface area (TPSA) is 94.4 Å². The number of benzene rings is 2. The number of rotatable bonds is 9. The maximum absolute atomic E-state index is 13.3. The Balaban J connectivity index is 1.80. The van der Waals surface area contributed by atoms with Crippen LogP contribution in [-0.4, -0.2) is 61.7 Å². The van der Waals surface area contributed by atoms with E-state index in [9.17, 15) is 14.9 Å². The smallest absolute Gasteiger partial charge is 0.294 e. The number of ether oxygens (including phenoxy) is 3. The quantitative estimate of drug-likeness (QED) is 0.390. The standard InChI is InChI=1S/C23H28ClN3O6/c1-4-31-20-13-16(14-21(32-5-2)22(20)33-6-3)23(28)26-11-9-25(10-12-26)18-8-7-17(24)15-19(18)27(29)30/h7-8,13-15H,4-6,9-12H2,1-3H3. The molecule has 1 amide bonds. The summed E-state index contributed by atoms with van der Waals surface area (Å²) in [4.78, 5) is 27.9. The Morgan fingerprint density at radius 3 is 2.06 bits per heavy atom. The van der Waals surface area contributed by atoms with Gasteiger partial charge in [-0.1, -0.05) is 11.6 Å². The molecule has 3 rings (SSSR count). The summed E-state index contributed by atoms with van der Waals surface area (Å²) in [5.41, 5.74) is 0.891. The van der Waals surface area contributed by atoms with Gasteiger partial charge in [0.15, 0.2) is 11.5 Å². The van der Waals surface area contributed by atoms with Gasteiger partial charge in [-0.3, -0.25) is 14.9 Å². The maximum Gasteiger partial charge on any atom is 0.294 e. The molecule has 0 N–H and O–H groups in total. The minimum Gasteiger partial charge on any atom is -0.490 e. The van der Waals surface area contributed by atoms with Crippen LogP contribution in [0.1, 0.15) is 31.1 Å². The normalized spacial score (nSPS) is 13.6. The molecule has 0 unspecified atom stereocenters. The number of halogens is 1. The van der Waals surface area contributed by atoms with E-state index in [1.165, 1.54) is 6.07 Å². The Bertz CT molecular complexity index is 981. The van der Waals surface area contributed by atoms with Crippen molar-refractivity contribution in [3.63, 3.8) is 0 Å². The number of carbonyl (C=O) groups excluding carboxylic acids is 1. The fraction of sp³-hybridized carbons (Fsp3) is 0.435. The molecule has 1 fully saturated rings. The number of nitro benzene ring substituents is 1. The number of anilines is 1. The molecular weight excluding hydrogens is 450 g/mol. The maximum atomic E-state index is 13.3. The van der Waals surface area contributed by atoms with Crippen LogP contribution in [0.15, 0.2) is 30.3 Å². The van der Waals surface area contributed by atoms with E-state index >= 15 is 0 Å². The van der Waals surface area contributed by atoms with Crippen LogP contribution in [0.25, 0.3) is 0 Å². The molecular formula is C23H28ClN3O6. The molecule has 1 saturated heterocycles. The molecule has 0 saturated carbocycles. The molecule has 1 heterocycles. The van der Waals surface area contributed by atoms with Crippen LogP contribution in [0.4, 0.5) is 11.4 Å². The van der Waals surface area contributed by atoms with Crippen LogP contribution in [0.5, 0.6) is 17.2 Å². The molecule has 0 bridgehead atoms. The third-order valence-corrected chi connectivity index (χ3v) is 5.43. The lowest BCUT2D eigenvalue weighted by Crippen LogP contribution is -2.49. The minimum atomic E-state index is -0.441. The molecule has 0 atom stereocenters. The second-order valence-electron chi connectivity index (χ2n) is 7.27. The first kappa shape index (κ1) is 24.4. The summed E-state index contributed by atoms with van der Waals surface area (Å²) in [6.45, 7) is 8.62. The van der Waals surface area contributed by atoms with Crippen molar-refractivity contribution in [3.8, 4) is 17.2 Å². The largest absolute Gasteiger partial charge is 0.490 e. The van der Waals surface area contributed by atoms with Gasteiger partial charge in [0.25, 0.3) is 11.6 Å². The zero-order chi connectivity index (χ0) is 24.0. The van der Waals surface area contributed by atoms with Gasteiger partial charge in [0.1, 0.15) is 5.69 Å². The van der Waals surface area contributed by atoms with Crippen molar-refractivity contribution in [1.82, 2.24) is 4.90 Å². The lowest BCUT2D eigenvalue weighted by molar-refractivity contribution is -0.384. The van der Waals surface area contributed by atoms with Crippen LogP contribution in [0, 0.1) is 10.1 Å². The van der Waals surface area contributed by atoms with E-state index in [-0.39, 0.29) is 11.6 Å². The average molecular weight is 478 g/mol. The third-order valence-electron chi connectivity index (χ3n) is 5.20. The molecule has 0 aliphatic carbocycles. The number of nitrogens with zero attached hydrogens (tertiary/aromatic N) is 3. The molecule has 1 aliphatic rings. The van der Waals surface area contributed by atoms with Crippen LogP contribution >= 0.6 is 11.6 Å². The number of piperazine rings is 1. The number of amides is 1. The van der Waals surface area contributed by atoms with E-state index in [0.717, 1.165) is 0 Å². The highest BCUT2D eigenvalue weighted by atomic mass is 35.5. The fourth-order valence-corrected chi connectivity index (χ4v) is 3.92. The zero-order valence-electron chi connectivity index (χ0n) is 19.0. The highest BCUT2D eigenvalue weighted by Gasteiger charge is 2.28. The van der Waals surface area contributed by atoms with Gasteiger partial charge in [-0.25, -0.2) is 0 Å². The summed E-state index contributed by atoms with van der Waals surface area (Å²) in [5, 5.41) is 11.8. The van der Waals surface area contributed by atoms with Crippen molar-refractivity contribution in [2.24, 2.45) is 0 Å². The van der Waals surface area contributed by atoms with Crippen molar-refractivity contribution >= 4 is 28.9 Å². The number of hydrogen-bond acceptors (Lipinski definition) is 7. The van der Waals surface area contributed by atoms with Crippen LogP contribution in [-0.2, 0) is 0 Å². The van der Waals surface area contributed by atoms with Crippen LogP contribution in [0.2, 0.25) is 5.02 Å². The Morgan fingerprint density at radius 1 is 0.970 bits per heavy atom. The first-order chi connectivity index (χ1) is 15.9. The second-order valence-corrected chi connectivity index (χ2v) is 7.71. The lowest BCUT2D eigenvalue weighted by atomic mass is 10.1. The van der Waals surface area contributed by atoms with Gasteiger partial charge in [-0.2, -0.15) is 0 Å². The highest BCUT2D eigenvalue weighted by molar-refractivity contribution is 6.30. The summed E-state index contributed by atoms with van der Waals surface area (Å²) in [7, 11) is 0. The predicted octanol–water partition coefficient (Wildman–Crippen LogP) is 4.41. The Labute approximate surface area is 197 Å². The molecule has 0 spiro atoms. The number of carbonyl (C=O) groups is 1. The summed E-state index contributed by atoms with van der Waals surface area (Å²) in [6.07, 6.45) is 0. The molecule has 33 heavy (non-hydrogen) atoms. The summed E-state index contributed by atoms with van der Waals surface area (Å²) in [6, 6.07) is 7.98.